The van der Waals surface area contributed by atoms with E-state index in [9.17, 15) is 4.79 Å². The minimum Gasteiger partial charge on any atom is -0.454 e. The summed E-state index contributed by atoms with van der Waals surface area (Å²) in [6.45, 7) is 2.46. The van der Waals surface area contributed by atoms with Gasteiger partial charge in [-0.25, -0.2) is 0 Å². The van der Waals surface area contributed by atoms with E-state index in [-0.39, 0.29) is 25.5 Å². The van der Waals surface area contributed by atoms with Gasteiger partial charge in [-0.3, -0.25) is 4.79 Å². The molecular formula is C19H19NO5. The summed E-state index contributed by atoms with van der Waals surface area (Å²) in [6, 6.07) is 11.4. The van der Waals surface area contributed by atoms with Gasteiger partial charge in [0.05, 0.1) is 6.04 Å². The van der Waals surface area contributed by atoms with Crippen molar-refractivity contribution in [2.75, 3.05) is 13.6 Å². The molecule has 1 amide bonds. The zero-order valence-electron chi connectivity index (χ0n) is 13.9. The number of nitrogens with one attached hydrogen (secondary N) is 1. The first-order valence-electron chi connectivity index (χ1n) is 8.26. The fourth-order valence-corrected chi connectivity index (χ4v) is 2.93. The van der Waals surface area contributed by atoms with Gasteiger partial charge in [-0.1, -0.05) is 12.1 Å². The molecule has 1 unspecified atom stereocenters. The van der Waals surface area contributed by atoms with Crippen LogP contribution >= 0.6 is 0 Å². The Morgan fingerprint density at radius 2 is 1.60 bits per heavy atom. The number of hydrogen-bond donors (Lipinski definition) is 1. The van der Waals surface area contributed by atoms with E-state index in [2.05, 4.69) is 5.32 Å². The van der Waals surface area contributed by atoms with Gasteiger partial charge in [0.25, 0.3) is 0 Å². The molecule has 130 valence electrons. The summed E-state index contributed by atoms with van der Waals surface area (Å²) >= 11 is 0. The van der Waals surface area contributed by atoms with Gasteiger partial charge >= 0.3 is 0 Å². The first-order valence-corrected chi connectivity index (χ1v) is 8.26. The largest absolute Gasteiger partial charge is 0.454 e. The molecule has 2 aromatic carbocycles. The first-order chi connectivity index (χ1) is 12.2. The average Bonchev–Trinajstić information content (AvgIpc) is 3.27. The van der Waals surface area contributed by atoms with Gasteiger partial charge in [0.1, 0.15) is 0 Å². The lowest BCUT2D eigenvalue weighted by Gasteiger charge is -2.15. The van der Waals surface area contributed by atoms with E-state index in [0.29, 0.717) is 12.8 Å². The molecule has 2 heterocycles. The van der Waals surface area contributed by atoms with Crippen molar-refractivity contribution in [3.63, 3.8) is 0 Å². The molecule has 0 saturated carbocycles. The predicted octanol–water partition coefficient (Wildman–Crippen LogP) is 2.95. The van der Waals surface area contributed by atoms with Crippen molar-refractivity contribution in [1.29, 1.82) is 0 Å². The Balaban J connectivity index is 1.32. The number of amides is 1. The Hall–Kier alpha value is -2.89. The maximum atomic E-state index is 12.2. The van der Waals surface area contributed by atoms with Gasteiger partial charge in [0, 0.05) is 6.42 Å². The van der Waals surface area contributed by atoms with Crippen LogP contribution in [-0.2, 0) is 11.2 Å². The smallest absolute Gasteiger partial charge is 0.231 e. The third-order valence-electron chi connectivity index (χ3n) is 4.35. The number of hydrogen-bond acceptors (Lipinski definition) is 5. The van der Waals surface area contributed by atoms with Gasteiger partial charge < -0.3 is 24.3 Å². The zero-order valence-corrected chi connectivity index (χ0v) is 13.9. The van der Waals surface area contributed by atoms with Crippen LogP contribution in [0.4, 0.5) is 0 Å². The molecule has 6 nitrogen and oxygen atoms in total. The second-order valence-electron chi connectivity index (χ2n) is 6.09. The molecule has 0 bridgehead atoms. The molecule has 0 spiro atoms. The molecule has 1 atom stereocenters. The number of ether oxygens (including phenoxy) is 4. The number of rotatable bonds is 5. The van der Waals surface area contributed by atoms with Crippen LogP contribution < -0.4 is 24.3 Å². The van der Waals surface area contributed by atoms with Crippen LogP contribution in [0, 0.1) is 0 Å². The molecule has 4 rings (SSSR count). The van der Waals surface area contributed by atoms with E-state index in [0.717, 1.165) is 34.1 Å². The molecule has 2 aliphatic rings. The van der Waals surface area contributed by atoms with Crippen LogP contribution in [0.2, 0.25) is 0 Å². The lowest BCUT2D eigenvalue weighted by molar-refractivity contribution is -0.121. The SMILES string of the molecule is CC(NC(=O)CCc1ccc2c(c1)OCO2)c1ccc2c(c1)OCO2. The van der Waals surface area contributed by atoms with E-state index in [4.69, 9.17) is 18.9 Å². The van der Waals surface area contributed by atoms with Crippen molar-refractivity contribution in [3.05, 3.63) is 47.5 Å². The van der Waals surface area contributed by atoms with E-state index in [1.165, 1.54) is 0 Å². The van der Waals surface area contributed by atoms with Crippen LogP contribution in [0.1, 0.15) is 30.5 Å². The molecule has 0 radical (unpaired) electrons. The van der Waals surface area contributed by atoms with Crippen LogP contribution in [-0.4, -0.2) is 19.5 Å². The molecular weight excluding hydrogens is 322 g/mol. The van der Waals surface area contributed by atoms with Crippen molar-refractivity contribution < 1.29 is 23.7 Å². The predicted molar refractivity (Wildman–Crippen MR) is 90.0 cm³/mol. The molecule has 0 aliphatic carbocycles. The highest BCUT2D eigenvalue weighted by Crippen LogP contribution is 2.34. The maximum absolute atomic E-state index is 12.2. The second kappa shape index (κ2) is 6.55. The summed E-state index contributed by atoms with van der Waals surface area (Å²) in [7, 11) is 0. The van der Waals surface area contributed by atoms with Crippen molar-refractivity contribution >= 4 is 5.91 Å². The van der Waals surface area contributed by atoms with E-state index in [1.807, 2.05) is 43.3 Å². The first kappa shape index (κ1) is 15.6. The number of carbonyl (C=O) groups excluding carboxylic acids is 1. The van der Waals surface area contributed by atoms with Crippen LogP contribution in [0.15, 0.2) is 36.4 Å². The van der Waals surface area contributed by atoms with Crippen molar-refractivity contribution in [2.45, 2.75) is 25.8 Å². The van der Waals surface area contributed by atoms with Crippen molar-refractivity contribution in [3.8, 4) is 23.0 Å². The molecule has 25 heavy (non-hydrogen) atoms. The van der Waals surface area contributed by atoms with Crippen LogP contribution in [0.3, 0.4) is 0 Å². The highest BCUT2D eigenvalue weighted by molar-refractivity contribution is 5.76. The lowest BCUT2D eigenvalue weighted by Crippen LogP contribution is -2.26. The lowest BCUT2D eigenvalue weighted by atomic mass is 10.1. The summed E-state index contributed by atoms with van der Waals surface area (Å²) < 4.78 is 21.3. The number of aryl methyl sites for hydroxylation is 1. The van der Waals surface area contributed by atoms with Crippen molar-refractivity contribution in [2.24, 2.45) is 0 Å². The minimum atomic E-state index is -0.0984. The standard InChI is InChI=1S/C19H19NO5/c1-12(14-4-6-16-18(9-14)25-11-23-16)20-19(21)7-3-13-2-5-15-17(8-13)24-10-22-15/h2,4-6,8-9,12H,3,7,10-11H2,1H3,(H,20,21). The van der Waals surface area contributed by atoms with E-state index < -0.39 is 0 Å². The second-order valence-corrected chi connectivity index (χ2v) is 6.09. The molecule has 2 aromatic rings. The summed E-state index contributed by atoms with van der Waals surface area (Å²) in [5, 5.41) is 3.02. The highest BCUT2D eigenvalue weighted by atomic mass is 16.7. The Labute approximate surface area is 145 Å². The van der Waals surface area contributed by atoms with Gasteiger partial charge in [0.2, 0.25) is 19.5 Å². The molecule has 0 fully saturated rings. The fourth-order valence-electron chi connectivity index (χ4n) is 2.93. The van der Waals surface area contributed by atoms with E-state index in [1.54, 1.807) is 0 Å². The van der Waals surface area contributed by atoms with E-state index >= 15 is 0 Å². The maximum Gasteiger partial charge on any atom is 0.231 e. The minimum absolute atomic E-state index is 0.00262. The molecule has 6 heteroatoms. The third-order valence-corrected chi connectivity index (χ3v) is 4.35. The highest BCUT2D eigenvalue weighted by Gasteiger charge is 2.17. The monoisotopic (exact) mass is 341 g/mol. The average molecular weight is 341 g/mol. The van der Waals surface area contributed by atoms with Crippen molar-refractivity contribution in [1.82, 2.24) is 5.32 Å². The van der Waals surface area contributed by atoms with Gasteiger partial charge in [0.15, 0.2) is 23.0 Å². The zero-order chi connectivity index (χ0) is 17.2. The Bertz CT molecular complexity index is 804. The van der Waals surface area contributed by atoms with Gasteiger partial charge in [-0.2, -0.15) is 0 Å². The molecule has 0 saturated heterocycles. The topological polar surface area (TPSA) is 66.0 Å². The number of carbonyl (C=O) groups is 1. The Morgan fingerprint density at radius 1 is 0.960 bits per heavy atom. The molecule has 1 N–H and O–H groups in total. The molecule has 0 aromatic heterocycles. The Morgan fingerprint density at radius 3 is 2.36 bits per heavy atom. The summed E-state index contributed by atoms with van der Waals surface area (Å²) in [5.41, 5.74) is 2.04. The normalized spacial score (nSPS) is 15.1. The number of fused-ring (bicyclic) bond motifs is 2. The quantitative estimate of drug-likeness (QED) is 0.906. The molecule has 2 aliphatic heterocycles. The Kier molecular flexibility index (Phi) is 4.09. The summed E-state index contributed by atoms with van der Waals surface area (Å²) in [4.78, 5) is 12.2. The van der Waals surface area contributed by atoms with Crippen LogP contribution in [0.25, 0.3) is 0 Å². The van der Waals surface area contributed by atoms with Gasteiger partial charge in [-0.15, -0.1) is 0 Å². The number of benzene rings is 2. The summed E-state index contributed by atoms with van der Waals surface area (Å²) in [5.74, 6) is 2.96. The summed E-state index contributed by atoms with van der Waals surface area (Å²) in [6.07, 6.45) is 1.06. The van der Waals surface area contributed by atoms with Gasteiger partial charge in [-0.05, 0) is 48.7 Å². The third kappa shape index (κ3) is 3.33. The van der Waals surface area contributed by atoms with Crippen LogP contribution in [0.5, 0.6) is 23.0 Å². The fraction of sp³-hybridized carbons (Fsp3) is 0.316.